The predicted molar refractivity (Wildman–Crippen MR) is 147 cm³/mol. The molecule has 1 aliphatic carbocycles. The third kappa shape index (κ3) is 4.46. The van der Waals surface area contributed by atoms with Gasteiger partial charge in [-0.25, -0.2) is 0 Å². The van der Waals surface area contributed by atoms with Gasteiger partial charge >= 0.3 is 0 Å². The summed E-state index contributed by atoms with van der Waals surface area (Å²) in [5.74, 6) is 1.83. The molecule has 0 N–H and O–H groups in total. The number of hydrogen-bond acceptors (Lipinski definition) is 2. The van der Waals surface area contributed by atoms with Crippen LogP contribution in [0.2, 0.25) is 0 Å². The number of para-hydroxylation sites is 3. The number of benzene rings is 3. The van der Waals surface area contributed by atoms with Gasteiger partial charge in [0.2, 0.25) is 0 Å². The van der Waals surface area contributed by atoms with Crippen molar-refractivity contribution in [3.05, 3.63) is 101 Å². The van der Waals surface area contributed by atoms with Gasteiger partial charge in [0.1, 0.15) is 0 Å². The van der Waals surface area contributed by atoms with Gasteiger partial charge in [-0.2, -0.15) is 0 Å². The minimum Gasteiger partial charge on any atom is -0.453 e. The van der Waals surface area contributed by atoms with E-state index in [1.54, 1.807) is 0 Å². The standard InChI is InChI=1S/C31H32BrNO/c1-2-3-4-5-11-21-31(22-19-25(20-23-31)24-13-7-6-8-14-24)33-27-16-9-10-17-28(27)34-29-18-12-15-26(32)30(29)33/h6-10,12-20,22H,2-5,11,21,23H2,1H3. The molecule has 0 radical (unpaired) electrons. The predicted octanol–water partition coefficient (Wildman–Crippen LogP) is 9.84. The Hall–Kier alpha value is -2.78. The van der Waals surface area contributed by atoms with Crippen molar-refractivity contribution in [3.8, 4) is 11.5 Å². The first-order valence-electron chi connectivity index (χ1n) is 12.5. The summed E-state index contributed by atoms with van der Waals surface area (Å²) in [6.45, 7) is 2.28. The van der Waals surface area contributed by atoms with Gasteiger partial charge in [0.15, 0.2) is 11.5 Å². The van der Waals surface area contributed by atoms with E-state index in [2.05, 4.69) is 119 Å². The quantitative estimate of drug-likeness (QED) is 0.277. The SMILES string of the molecule is CCCCCCCC1(N2c3ccccc3Oc3cccc(Br)c32)C=CC(c2ccccc2)=CC1. The van der Waals surface area contributed by atoms with Crippen LogP contribution in [0.25, 0.3) is 5.57 Å². The van der Waals surface area contributed by atoms with Crippen molar-refractivity contribution in [1.29, 1.82) is 0 Å². The van der Waals surface area contributed by atoms with Crippen LogP contribution in [-0.4, -0.2) is 5.54 Å². The maximum absolute atomic E-state index is 6.36. The van der Waals surface area contributed by atoms with E-state index in [1.165, 1.54) is 43.2 Å². The van der Waals surface area contributed by atoms with Crippen LogP contribution in [0.4, 0.5) is 11.4 Å². The molecule has 0 amide bonds. The maximum Gasteiger partial charge on any atom is 0.152 e. The summed E-state index contributed by atoms with van der Waals surface area (Å²) in [6.07, 6.45) is 15.6. The number of rotatable bonds is 8. The molecule has 0 aromatic heterocycles. The molecule has 0 fully saturated rings. The highest BCUT2D eigenvalue weighted by molar-refractivity contribution is 9.10. The van der Waals surface area contributed by atoms with Crippen LogP contribution >= 0.6 is 15.9 Å². The number of anilines is 2. The Balaban J connectivity index is 1.57. The van der Waals surface area contributed by atoms with Crippen molar-refractivity contribution < 1.29 is 4.74 Å². The molecule has 1 unspecified atom stereocenters. The third-order valence-electron chi connectivity index (χ3n) is 7.01. The van der Waals surface area contributed by atoms with Crippen LogP contribution in [0.1, 0.15) is 57.4 Å². The molecule has 5 rings (SSSR count). The van der Waals surface area contributed by atoms with Crippen LogP contribution in [-0.2, 0) is 0 Å². The van der Waals surface area contributed by atoms with E-state index in [1.807, 2.05) is 0 Å². The van der Waals surface area contributed by atoms with Gasteiger partial charge in [-0.15, -0.1) is 0 Å². The van der Waals surface area contributed by atoms with Crippen molar-refractivity contribution in [1.82, 2.24) is 0 Å². The van der Waals surface area contributed by atoms with Crippen LogP contribution in [0.5, 0.6) is 11.5 Å². The fourth-order valence-corrected chi connectivity index (χ4v) is 5.76. The maximum atomic E-state index is 6.36. The van der Waals surface area contributed by atoms with Crippen molar-refractivity contribution in [2.24, 2.45) is 0 Å². The molecule has 174 valence electrons. The molecule has 2 nitrogen and oxygen atoms in total. The number of ether oxygens (including phenoxy) is 1. The van der Waals surface area contributed by atoms with Crippen molar-refractivity contribution >= 4 is 32.9 Å². The summed E-state index contributed by atoms with van der Waals surface area (Å²) in [7, 11) is 0. The van der Waals surface area contributed by atoms with E-state index in [-0.39, 0.29) is 5.54 Å². The monoisotopic (exact) mass is 513 g/mol. The Morgan fingerprint density at radius 3 is 2.41 bits per heavy atom. The second-order valence-electron chi connectivity index (χ2n) is 9.32. The Morgan fingerprint density at radius 2 is 1.62 bits per heavy atom. The number of fused-ring (bicyclic) bond motifs is 2. The molecule has 3 aromatic carbocycles. The number of hydrogen-bond donors (Lipinski definition) is 0. The van der Waals surface area contributed by atoms with E-state index in [0.29, 0.717) is 0 Å². The zero-order chi connectivity index (χ0) is 23.4. The molecule has 3 heteroatoms. The lowest BCUT2D eigenvalue weighted by Crippen LogP contribution is -2.46. The summed E-state index contributed by atoms with van der Waals surface area (Å²) in [5, 5.41) is 0. The molecule has 0 saturated carbocycles. The van der Waals surface area contributed by atoms with Crippen LogP contribution < -0.4 is 9.64 Å². The molecule has 34 heavy (non-hydrogen) atoms. The van der Waals surface area contributed by atoms with Crippen molar-refractivity contribution in [3.63, 3.8) is 0 Å². The summed E-state index contributed by atoms with van der Waals surface area (Å²) < 4.78 is 7.43. The molecule has 0 bridgehead atoms. The lowest BCUT2D eigenvalue weighted by Gasteiger charge is -2.48. The molecule has 1 aliphatic heterocycles. The zero-order valence-corrected chi connectivity index (χ0v) is 21.4. The average molecular weight is 515 g/mol. The Labute approximate surface area is 212 Å². The summed E-state index contributed by atoms with van der Waals surface area (Å²) in [4.78, 5) is 2.54. The van der Waals surface area contributed by atoms with E-state index in [9.17, 15) is 0 Å². The number of unbranched alkanes of at least 4 members (excludes halogenated alkanes) is 4. The largest absolute Gasteiger partial charge is 0.453 e. The Kier molecular flexibility index (Phi) is 6.92. The molecule has 0 saturated heterocycles. The van der Waals surface area contributed by atoms with E-state index >= 15 is 0 Å². The molecular formula is C31H32BrNO. The molecule has 1 heterocycles. The summed E-state index contributed by atoms with van der Waals surface area (Å²) in [5.41, 5.74) is 4.69. The number of halogens is 1. The second-order valence-corrected chi connectivity index (χ2v) is 10.2. The third-order valence-corrected chi connectivity index (χ3v) is 7.65. The van der Waals surface area contributed by atoms with Crippen molar-refractivity contribution in [2.45, 2.75) is 57.4 Å². The molecular weight excluding hydrogens is 482 g/mol. The van der Waals surface area contributed by atoms with Crippen LogP contribution in [0.3, 0.4) is 0 Å². The van der Waals surface area contributed by atoms with Crippen LogP contribution in [0.15, 0.2) is 95.5 Å². The van der Waals surface area contributed by atoms with Crippen LogP contribution in [0, 0.1) is 0 Å². The van der Waals surface area contributed by atoms with Gasteiger partial charge in [0.25, 0.3) is 0 Å². The molecule has 3 aromatic rings. The fourth-order valence-electron chi connectivity index (χ4n) is 5.23. The van der Waals surface area contributed by atoms with Gasteiger partial charge in [0.05, 0.1) is 16.9 Å². The second kappa shape index (κ2) is 10.2. The van der Waals surface area contributed by atoms with Gasteiger partial charge in [-0.1, -0.05) is 106 Å². The molecule has 0 spiro atoms. The van der Waals surface area contributed by atoms with Crippen molar-refractivity contribution in [2.75, 3.05) is 4.90 Å². The minimum atomic E-state index is -0.150. The van der Waals surface area contributed by atoms with Gasteiger partial charge in [0, 0.05) is 4.47 Å². The van der Waals surface area contributed by atoms with Gasteiger partial charge in [-0.3, -0.25) is 0 Å². The molecule has 2 aliphatic rings. The number of allylic oxidation sites excluding steroid dienone is 2. The minimum absolute atomic E-state index is 0.150. The first-order chi connectivity index (χ1) is 16.7. The van der Waals surface area contributed by atoms with Gasteiger partial charge in [-0.05, 0) is 64.2 Å². The van der Waals surface area contributed by atoms with E-state index in [4.69, 9.17) is 4.74 Å². The zero-order valence-electron chi connectivity index (χ0n) is 19.8. The summed E-state index contributed by atoms with van der Waals surface area (Å²) >= 11 is 3.85. The molecule has 1 atom stereocenters. The topological polar surface area (TPSA) is 12.5 Å². The lowest BCUT2D eigenvalue weighted by molar-refractivity contribution is 0.414. The Morgan fingerprint density at radius 1 is 0.853 bits per heavy atom. The normalized spacial score (nSPS) is 18.6. The highest BCUT2D eigenvalue weighted by atomic mass is 79.9. The Bertz CT molecular complexity index is 1200. The van der Waals surface area contributed by atoms with Gasteiger partial charge < -0.3 is 9.64 Å². The average Bonchev–Trinajstić information content (AvgIpc) is 2.88. The van der Waals surface area contributed by atoms with E-state index < -0.39 is 0 Å². The fraction of sp³-hybridized carbons (Fsp3) is 0.290. The lowest BCUT2D eigenvalue weighted by atomic mass is 9.80. The first kappa shape index (κ1) is 23.0. The highest BCUT2D eigenvalue weighted by Crippen LogP contribution is 2.55. The smallest absolute Gasteiger partial charge is 0.152 e. The summed E-state index contributed by atoms with van der Waals surface area (Å²) in [6, 6.07) is 25.4. The number of nitrogens with zero attached hydrogens (tertiary/aromatic N) is 1. The first-order valence-corrected chi connectivity index (χ1v) is 13.3. The highest BCUT2D eigenvalue weighted by Gasteiger charge is 2.41. The van der Waals surface area contributed by atoms with E-state index in [0.717, 1.165) is 40.2 Å².